The van der Waals surface area contributed by atoms with Crippen LogP contribution in [-0.2, 0) is 16.9 Å². The molecule has 7 rings (SSSR count). The highest BCUT2D eigenvalue weighted by Gasteiger charge is 2.56. The van der Waals surface area contributed by atoms with Crippen LogP contribution in [0.5, 0.6) is 0 Å². The van der Waals surface area contributed by atoms with E-state index in [9.17, 15) is 24.6 Å². The zero-order valence-corrected chi connectivity index (χ0v) is 23.8. The summed E-state index contributed by atoms with van der Waals surface area (Å²) < 4.78 is 27.8. The fourth-order valence-corrected chi connectivity index (χ4v) is 8.42. The van der Waals surface area contributed by atoms with E-state index in [0.29, 0.717) is 38.5 Å². The molecule has 3 aliphatic rings. The van der Waals surface area contributed by atoms with E-state index >= 15 is 0 Å². The first kappa shape index (κ1) is 27.0. The van der Waals surface area contributed by atoms with E-state index in [2.05, 4.69) is 10.1 Å². The number of rotatable bonds is 7. The van der Waals surface area contributed by atoms with Crippen molar-refractivity contribution in [2.45, 2.75) is 62.8 Å². The highest BCUT2D eigenvalue weighted by Crippen LogP contribution is 2.57. The molecule has 13 heteroatoms. The second-order valence-electron chi connectivity index (χ2n) is 11.2. The minimum atomic E-state index is -1.24. The van der Waals surface area contributed by atoms with E-state index in [1.165, 1.54) is 18.5 Å². The largest absolute Gasteiger partial charge is 0.619 e. The molecule has 41 heavy (non-hydrogen) atoms. The normalized spacial score (nSPS) is 25.7. The minimum absolute atomic E-state index is 0.0783. The van der Waals surface area contributed by atoms with Crippen molar-refractivity contribution in [3.63, 3.8) is 0 Å². The summed E-state index contributed by atoms with van der Waals surface area (Å²) in [4.78, 5) is 15.8. The second kappa shape index (κ2) is 9.88. The number of fused-ring (bicyclic) bond motifs is 3. The van der Waals surface area contributed by atoms with Crippen molar-refractivity contribution < 1.29 is 33.4 Å². The highest BCUT2D eigenvalue weighted by atomic mass is 35.5. The maximum absolute atomic E-state index is 14.7. The molecule has 0 spiro atoms. The molecule has 4 atom stereocenters. The molecule has 3 aliphatic carbocycles. The average molecular weight is 620 g/mol. The Morgan fingerprint density at radius 1 is 1.20 bits per heavy atom. The Hall–Kier alpha value is -2.83. The van der Waals surface area contributed by atoms with Gasteiger partial charge in [-0.25, -0.2) is 14.2 Å². The van der Waals surface area contributed by atoms with Gasteiger partial charge in [-0.1, -0.05) is 28.4 Å². The molecule has 4 aromatic rings. The quantitative estimate of drug-likeness (QED) is 0.184. The van der Waals surface area contributed by atoms with Gasteiger partial charge in [0, 0.05) is 11.5 Å². The van der Waals surface area contributed by atoms with Crippen LogP contribution in [-0.4, -0.2) is 32.4 Å². The Bertz CT molecular complexity index is 1670. The Labute approximate surface area is 247 Å². The number of pyridine rings is 1. The van der Waals surface area contributed by atoms with Gasteiger partial charge in [0.05, 0.1) is 28.5 Å². The van der Waals surface area contributed by atoms with Crippen molar-refractivity contribution in [3.05, 3.63) is 67.5 Å². The van der Waals surface area contributed by atoms with Crippen molar-refractivity contribution >= 4 is 50.7 Å². The predicted molar refractivity (Wildman–Crippen MR) is 147 cm³/mol. The van der Waals surface area contributed by atoms with Gasteiger partial charge in [0.1, 0.15) is 37.6 Å². The van der Waals surface area contributed by atoms with E-state index in [1.807, 2.05) is 0 Å². The van der Waals surface area contributed by atoms with Gasteiger partial charge in [-0.05, 0) is 62.5 Å². The number of hydrogen-bond donors (Lipinski definition) is 2. The number of aromatic carboxylic acids is 1. The first-order chi connectivity index (χ1) is 19.6. The third kappa shape index (κ3) is 4.49. The number of aromatic nitrogens is 3. The van der Waals surface area contributed by atoms with E-state index in [0.717, 1.165) is 54.4 Å². The SMILES string of the molecule is O=C(O)c1cc(F)c2nc([C@]3(O)C4CC[C@H]3CC(OCc3c(-c5c(Cl)c[n+]([O-])cc5Cl)noc3C3CC3)C4)sc2c1. The lowest BCUT2D eigenvalue weighted by molar-refractivity contribution is -0.605. The molecule has 3 heterocycles. The molecule has 9 nitrogen and oxygen atoms in total. The summed E-state index contributed by atoms with van der Waals surface area (Å²) in [5.41, 5.74) is 0.316. The van der Waals surface area contributed by atoms with Crippen molar-refractivity contribution in [2.75, 3.05) is 0 Å². The molecule has 0 aliphatic heterocycles. The maximum Gasteiger partial charge on any atom is 0.335 e. The molecule has 214 valence electrons. The number of thiazole rings is 1. The number of nitrogens with zero attached hydrogens (tertiary/aromatic N) is 3. The van der Waals surface area contributed by atoms with Gasteiger partial charge < -0.3 is 24.7 Å². The van der Waals surface area contributed by atoms with E-state index in [4.69, 9.17) is 32.5 Å². The Morgan fingerprint density at radius 2 is 1.88 bits per heavy atom. The van der Waals surface area contributed by atoms with E-state index < -0.39 is 17.4 Å². The molecule has 1 aromatic carbocycles. The van der Waals surface area contributed by atoms with Crippen molar-refractivity contribution in [1.29, 1.82) is 0 Å². The first-order valence-corrected chi connectivity index (χ1v) is 14.9. The number of carboxylic acids is 1. The number of benzene rings is 1. The Morgan fingerprint density at radius 3 is 2.51 bits per heavy atom. The third-order valence-electron chi connectivity index (χ3n) is 8.67. The highest BCUT2D eigenvalue weighted by molar-refractivity contribution is 7.18. The molecule has 0 radical (unpaired) electrons. The number of hydrogen-bond acceptors (Lipinski definition) is 8. The zero-order chi connectivity index (χ0) is 28.6. The number of carbonyl (C=O) groups is 1. The van der Waals surface area contributed by atoms with Gasteiger partial charge in [-0.2, -0.15) is 4.73 Å². The fraction of sp³-hybridized carbons (Fsp3) is 0.429. The topological polar surface area (TPSA) is 133 Å². The molecule has 2 unspecified atom stereocenters. The standard InChI is InChI=1S/C28H24Cl2FN3O6S/c29-18-9-34(38)10-19(30)22(18)23-17(25(40-33-23)12-1-2-12)11-39-16-7-14-3-4-15(8-16)28(14,37)27-32-24-20(31)5-13(26(35)36)6-21(24)41-27/h5-6,9-10,12,14-16,37H,1-4,7-8,11H2,(H,35,36)/t14-,15?,16?,28+/m0/s1. The van der Waals surface area contributed by atoms with Crippen LogP contribution >= 0.6 is 34.5 Å². The summed E-state index contributed by atoms with van der Waals surface area (Å²) >= 11 is 13.9. The van der Waals surface area contributed by atoms with Gasteiger partial charge in [0.15, 0.2) is 18.2 Å². The molecule has 2 bridgehead atoms. The number of aliphatic hydroxyl groups is 1. The molecule has 3 saturated carbocycles. The molecular formula is C28H24Cl2FN3O6S. The van der Waals surface area contributed by atoms with Crippen LogP contribution in [0, 0.1) is 22.9 Å². The zero-order valence-electron chi connectivity index (χ0n) is 21.5. The van der Waals surface area contributed by atoms with Crippen LogP contribution in [0.15, 0.2) is 29.0 Å². The fourth-order valence-electron chi connectivity index (χ4n) is 6.53. The van der Waals surface area contributed by atoms with Crippen LogP contribution < -0.4 is 4.73 Å². The van der Waals surface area contributed by atoms with Gasteiger partial charge in [0.2, 0.25) is 0 Å². The Kier molecular flexibility index (Phi) is 6.51. The van der Waals surface area contributed by atoms with E-state index in [-0.39, 0.29) is 51.6 Å². The van der Waals surface area contributed by atoms with Crippen LogP contribution in [0.1, 0.15) is 71.1 Å². The predicted octanol–water partition coefficient (Wildman–Crippen LogP) is 6.20. The lowest BCUT2D eigenvalue weighted by Gasteiger charge is -2.41. The summed E-state index contributed by atoms with van der Waals surface area (Å²) in [7, 11) is 0. The average Bonchev–Trinajstić information content (AvgIpc) is 3.49. The van der Waals surface area contributed by atoms with Crippen molar-refractivity contribution in [2.24, 2.45) is 11.8 Å². The monoisotopic (exact) mass is 619 g/mol. The first-order valence-electron chi connectivity index (χ1n) is 13.4. The third-order valence-corrected chi connectivity index (χ3v) is 10.4. The summed E-state index contributed by atoms with van der Waals surface area (Å²) in [6.45, 7) is 0.205. The summed E-state index contributed by atoms with van der Waals surface area (Å²) in [5, 5.41) is 38.0. The van der Waals surface area contributed by atoms with Gasteiger partial charge in [0.25, 0.3) is 0 Å². The lowest BCUT2D eigenvalue weighted by atomic mass is 9.73. The van der Waals surface area contributed by atoms with Crippen molar-refractivity contribution in [3.8, 4) is 11.3 Å². The lowest BCUT2D eigenvalue weighted by Crippen LogP contribution is -2.44. The maximum atomic E-state index is 14.7. The molecule has 3 aromatic heterocycles. The summed E-state index contributed by atoms with van der Waals surface area (Å²) in [5.74, 6) is -1.25. The summed E-state index contributed by atoms with van der Waals surface area (Å²) in [6.07, 6.45) is 6.95. The molecular weight excluding hydrogens is 596 g/mol. The van der Waals surface area contributed by atoms with Crippen LogP contribution in [0.2, 0.25) is 10.0 Å². The Balaban J connectivity index is 1.14. The van der Waals surface area contributed by atoms with Crippen LogP contribution in [0.4, 0.5) is 4.39 Å². The number of carboxylic acid groups (broad SMARTS) is 1. The van der Waals surface area contributed by atoms with Gasteiger partial charge >= 0.3 is 5.97 Å². The second-order valence-corrected chi connectivity index (χ2v) is 13.0. The minimum Gasteiger partial charge on any atom is -0.619 e. The number of halogens is 3. The van der Waals surface area contributed by atoms with Gasteiger partial charge in [-0.15, -0.1) is 11.3 Å². The molecule has 0 saturated heterocycles. The van der Waals surface area contributed by atoms with Gasteiger partial charge in [-0.3, -0.25) is 0 Å². The summed E-state index contributed by atoms with van der Waals surface area (Å²) in [6, 6.07) is 2.36. The van der Waals surface area contributed by atoms with Crippen LogP contribution in [0.25, 0.3) is 21.5 Å². The van der Waals surface area contributed by atoms with Crippen molar-refractivity contribution in [1.82, 2.24) is 10.1 Å². The van der Waals surface area contributed by atoms with E-state index in [1.54, 1.807) is 0 Å². The molecule has 0 amide bonds. The number of ether oxygens (including phenoxy) is 1. The molecule has 2 N–H and O–H groups in total. The van der Waals surface area contributed by atoms with Crippen LogP contribution in [0.3, 0.4) is 0 Å². The molecule has 3 fully saturated rings. The smallest absolute Gasteiger partial charge is 0.335 e.